The van der Waals surface area contributed by atoms with Crippen molar-refractivity contribution in [2.45, 2.75) is 69.6 Å². The fraction of sp³-hybridized carbons (Fsp3) is 0.533. The number of benzene rings is 2. The Labute approximate surface area is 227 Å². The van der Waals surface area contributed by atoms with Gasteiger partial charge in [-0.05, 0) is 87.5 Å². The molecule has 2 fully saturated rings. The molecular weight excluding hydrogens is 494 g/mol. The molecule has 2 aromatic carbocycles. The second-order valence-corrected chi connectivity index (χ2v) is 13.0. The smallest absolute Gasteiger partial charge is 0.240 e. The Bertz CT molecular complexity index is 1300. The summed E-state index contributed by atoms with van der Waals surface area (Å²) in [5, 5.41) is 8.21. The van der Waals surface area contributed by atoms with Gasteiger partial charge in [-0.1, -0.05) is 49.1 Å². The normalized spacial score (nSPS) is 20.9. The van der Waals surface area contributed by atoms with Crippen LogP contribution in [0.25, 0.3) is 10.9 Å². The first-order valence-electron chi connectivity index (χ1n) is 14.3. The van der Waals surface area contributed by atoms with Gasteiger partial charge >= 0.3 is 0 Å². The third-order valence-corrected chi connectivity index (χ3v) is 9.73. The van der Waals surface area contributed by atoms with Crippen molar-refractivity contribution >= 4 is 32.7 Å². The predicted molar refractivity (Wildman–Crippen MR) is 155 cm³/mol. The van der Waals surface area contributed by atoms with Crippen molar-refractivity contribution in [1.29, 1.82) is 0 Å². The van der Waals surface area contributed by atoms with E-state index in [1.165, 1.54) is 32.1 Å². The SMILES string of the molecule is Cc1ccc(S(=O)(=O)NC[C@H]2CC[C@H](CNc3nc(NCC4CCCCC4)c4ccccc4n3)CC2)cc1. The first-order chi connectivity index (χ1) is 18.5. The Morgan fingerprint density at radius 1 is 0.737 bits per heavy atom. The number of hydrogen-bond donors (Lipinski definition) is 3. The summed E-state index contributed by atoms with van der Waals surface area (Å²) in [5.41, 5.74) is 2.01. The minimum atomic E-state index is -3.46. The van der Waals surface area contributed by atoms with Gasteiger partial charge in [-0.2, -0.15) is 4.98 Å². The van der Waals surface area contributed by atoms with Crippen LogP contribution < -0.4 is 15.4 Å². The minimum absolute atomic E-state index is 0.337. The average molecular weight is 536 g/mol. The lowest BCUT2D eigenvalue weighted by Gasteiger charge is -2.28. The van der Waals surface area contributed by atoms with Gasteiger partial charge in [0.2, 0.25) is 16.0 Å². The molecule has 0 saturated heterocycles. The standard InChI is InChI=1S/C30H41N5O2S/c1-22-11-17-26(18-12-22)38(36,37)33-21-25-15-13-24(14-16-25)20-32-30-34-28-10-6-5-9-27(28)29(35-30)31-19-23-7-3-2-4-8-23/h5-6,9-12,17-18,23-25,33H,2-4,7-8,13-16,19-21H2,1H3,(H2,31,32,34,35)/t24-,25-. The van der Waals surface area contributed by atoms with Crippen LogP contribution >= 0.6 is 0 Å². The Morgan fingerprint density at radius 2 is 1.37 bits per heavy atom. The van der Waals surface area contributed by atoms with E-state index in [0.717, 1.165) is 67.0 Å². The van der Waals surface area contributed by atoms with Crippen molar-refractivity contribution in [3.05, 3.63) is 54.1 Å². The number of fused-ring (bicyclic) bond motifs is 1. The van der Waals surface area contributed by atoms with E-state index < -0.39 is 10.0 Å². The summed E-state index contributed by atoms with van der Waals surface area (Å²) in [4.78, 5) is 9.98. The van der Waals surface area contributed by atoms with Crippen molar-refractivity contribution in [2.75, 3.05) is 30.3 Å². The molecule has 0 unspecified atom stereocenters. The third kappa shape index (κ3) is 7.03. The summed E-state index contributed by atoms with van der Waals surface area (Å²) >= 11 is 0. The predicted octanol–water partition coefficient (Wildman–Crippen LogP) is 6.13. The summed E-state index contributed by atoms with van der Waals surface area (Å²) < 4.78 is 28.1. The molecule has 2 saturated carbocycles. The van der Waals surface area contributed by atoms with Crippen LogP contribution in [0.5, 0.6) is 0 Å². The lowest BCUT2D eigenvalue weighted by Crippen LogP contribution is -2.32. The lowest BCUT2D eigenvalue weighted by atomic mass is 9.82. The molecule has 38 heavy (non-hydrogen) atoms. The number of rotatable bonds is 10. The molecule has 0 aliphatic heterocycles. The molecular formula is C30H41N5O2S. The second-order valence-electron chi connectivity index (χ2n) is 11.2. The van der Waals surface area contributed by atoms with E-state index in [1.54, 1.807) is 12.1 Å². The van der Waals surface area contributed by atoms with Crippen molar-refractivity contribution in [2.24, 2.45) is 17.8 Å². The van der Waals surface area contributed by atoms with Gasteiger partial charge in [-0.25, -0.2) is 18.1 Å². The highest BCUT2D eigenvalue weighted by Crippen LogP contribution is 2.30. The number of anilines is 2. The molecule has 1 heterocycles. The van der Waals surface area contributed by atoms with Crippen molar-refractivity contribution < 1.29 is 8.42 Å². The maximum absolute atomic E-state index is 12.6. The maximum Gasteiger partial charge on any atom is 0.240 e. The molecule has 7 nitrogen and oxygen atoms in total. The van der Waals surface area contributed by atoms with E-state index in [1.807, 2.05) is 31.2 Å². The van der Waals surface area contributed by atoms with Crippen LogP contribution in [0.15, 0.2) is 53.4 Å². The number of aryl methyl sites for hydroxylation is 1. The van der Waals surface area contributed by atoms with Crippen LogP contribution in [0.3, 0.4) is 0 Å². The van der Waals surface area contributed by atoms with Crippen molar-refractivity contribution in [3.63, 3.8) is 0 Å². The van der Waals surface area contributed by atoms with E-state index >= 15 is 0 Å². The Hall–Kier alpha value is -2.71. The number of aromatic nitrogens is 2. The highest BCUT2D eigenvalue weighted by Gasteiger charge is 2.24. The monoisotopic (exact) mass is 535 g/mol. The van der Waals surface area contributed by atoms with E-state index in [9.17, 15) is 8.42 Å². The van der Waals surface area contributed by atoms with Crippen LogP contribution in [-0.4, -0.2) is 38.0 Å². The second kappa shape index (κ2) is 12.4. The molecule has 1 aromatic heterocycles. The topological polar surface area (TPSA) is 96.0 Å². The fourth-order valence-corrected chi connectivity index (χ4v) is 6.94. The molecule has 3 aromatic rings. The number of hydrogen-bond acceptors (Lipinski definition) is 6. The molecule has 0 amide bonds. The summed E-state index contributed by atoms with van der Waals surface area (Å²) in [5.74, 6) is 3.24. The van der Waals surface area contributed by atoms with Gasteiger partial charge in [0.25, 0.3) is 0 Å². The van der Waals surface area contributed by atoms with Crippen molar-refractivity contribution in [3.8, 4) is 0 Å². The zero-order chi connectivity index (χ0) is 26.4. The molecule has 204 valence electrons. The number of sulfonamides is 1. The van der Waals surface area contributed by atoms with E-state index in [0.29, 0.717) is 29.2 Å². The summed E-state index contributed by atoms with van der Waals surface area (Å²) in [7, 11) is -3.46. The number of nitrogens with one attached hydrogen (secondary N) is 3. The highest BCUT2D eigenvalue weighted by atomic mass is 32.2. The Kier molecular flexibility index (Phi) is 8.79. The molecule has 8 heteroatoms. The van der Waals surface area contributed by atoms with Gasteiger partial charge < -0.3 is 10.6 Å². The Morgan fingerprint density at radius 3 is 2.11 bits per heavy atom. The minimum Gasteiger partial charge on any atom is -0.369 e. The van der Waals surface area contributed by atoms with Gasteiger partial charge in [0.05, 0.1) is 10.4 Å². The van der Waals surface area contributed by atoms with Gasteiger partial charge in [0, 0.05) is 25.0 Å². The Balaban J connectivity index is 1.12. The van der Waals surface area contributed by atoms with Crippen molar-refractivity contribution in [1.82, 2.24) is 14.7 Å². The quantitative estimate of drug-likeness (QED) is 0.289. The fourth-order valence-electron chi connectivity index (χ4n) is 5.83. The number of nitrogens with zero attached hydrogens (tertiary/aromatic N) is 2. The van der Waals surface area contributed by atoms with Gasteiger partial charge in [-0.3, -0.25) is 0 Å². The first kappa shape index (κ1) is 26.9. The summed E-state index contributed by atoms with van der Waals surface area (Å²) in [6.45, 7) is 4.26. The molecule has 2 aliphatic rings. The van der Waals surface area contributed by atoms with E-state index in [-0.39, 0.29) is 0 Å². The van der Waals surface area contributed by atoms with Crippen LogP contribution in [0.1, 0.15) is 63.4 Å². The molecule has 0 spiro atoms. The van der Waals surface area contributed by atoms with Crippen LogP contribution in [0.2, 0.25) is 0 Å². The summed E-state index contributed by atoms with van der Waals surface area (Å²) in [6, 6.07) is 15.2. The van der Waals surface area contributed by atoms with Crippen LogP contribution in [-0.2, 0) is 10.0 Å². The zero-order valence-corrected chi connectivity index (χ0v) is 23.3. The molecule has 2 aliphatic carbocycles. The highest BCUT2D eigenvalue weighted by molar-refractivity contribution is 7.89. The molecule has 0 radical (unpaired) electrons. The van der Waals surface area contributed by atoms with Crippen LogP contribution in [0.4, 0.5) is 11.8 Å². The van der Waals surface area contributed by atoms with E-state index in [2.05, 4.69) is 27.5 Å². The third-order valence-electron chi connectivity index (χ3n) is 8.29. The van der Waals surface area contributed by atoms with Gasteiger partial charge in [0.1, 0.15) is 5.82 Å². The number of para-hydroxylation sites is 1. The maximum atomic E-state index is 12.6. The molecule has 0 atom stereocenters. The largest absolute Gasteiger partial charge is 0.369 e. The van der Waals surface area contributed by atoms with E-state index in [4.69, 9.17) is 9.97 Å². The average Bonchev–Trinajstić information content (AvgIpc) is 2.95. The molecule has 0 bridgehead atoms. The van der Waals surface area contributed by atoms with Gasteiger partial charge in [-0.15, -0.1) is 0 Å². The zero-order valence-electron chi connectivity index (χ0n) is 22.5. The van der Waals surface area contributed by atoms with Gasteiger partial charge in [0.15, 0.2) is 0 Å². The molecule has 3 N–H and O–H groups in total. The van der Waals surface area contributed by atoms with Crippen LogP contribution in [0, 0.1) is 24.7 Å². The molecule has 5 rings (SSSR count). The lowest BCUT2D eigenvalue weighted by molar-refractivity contribution is 0.284. The summed E-state index contributed by atoms with van der Waals surface area (Å²) in [6.07, 6.45) is 10.8. The first-order valence-corrected chi connectivity index (χ1v) is 15.8.